The van der Waals surface area contributed by atoms with Gasteiger partial charge in [-0.25, -0.2) is 0 Å². The molecule has 1 atom stereocenters. The van der Waals surface area contributed by atoms with Gasteiger partial charge in [0.05, 0.1) is 12.0 Å². The van der Waals surface area contributed by atoms with Gasteiger partial charge in [0.15, 0.2) is 5.78 Å². The van der Waals surface area contributed by atoms with Crippen molar-refractivity contribution < 1.29 is 19.1 Å². The lowest BCUT2D eigenvalue weighted by atomic mass is 9.96. The number of ketones is 1. The molecule has 2 radical (unpaired) electrons. The summed E-state index contributed by atoms with van der Waals surface area (Å²) in [5, 5.41) is 0. The van der Waals surface area contributed by atoms with Crippen LogP contribution in [0.1, 0.15) is 48.2 Å². The van der Waals surface area contributed by atoms with Gasteiger partial charge in [-0.05, 0) is 48.4 Å². The summed E-state index contributed by atoms with van der Waals surface area (Å²) in [6, 6.07) is 16.0. The minimum absolute atomic E-state index is 0.00343. The fourth-order valence-corrected chi connectivity index (χ4v) is 2.47. The van der Waals surface area contributed by atoms with E-state index in [4.69, 9.17) is 9.47 Å². The summed E-state index contributed by atoms with van der Waals surface area (Å²) in [7, 11) is 0. The molecular weight excluding hydrogens is 292 g/mol. The lowest BCUT2D eigenvalue weighted by Gasteiger charge is -2.25. The molecule has 0 N–H and O–H groups in total. The maximum Gasteiger partial charge on any atom is 0.311 e. The van der Waals surface area contributed by atoms with E-state index in [1.54, 1.807) is 24.3 Å². The fourth-order valence-electron chi connectivity index (χ4n) is 2.47. The largest absolute Gasteiger partial charge is 0.484 e. The number of rotatable bonds is 4. The van der Waals surface area contributed by atoms with Gasteiger partial charge in [0.1, 0.15) is 17.6 Å². The monoisotopic (exact) mass is 308 g/mol. The molecule has 0 bridgehead atoms. The van der Waals surface area contributed by atoms with E-state index in [1.165, 1.54) is 0 Å². The molecule has 1 heterocycles. The Morgan fingerprint density at radius 2 is 2.13 bits per heavy atom. The maximum atomic E-state index is 12.2. The summed E-state index contributed by atoms with van der Waals surface area (Å²) in [6.45, 7) is 1.93. The van der Waals surface area contributed by atoms with Crippen LogP contribution in [0.25, 0.3) is 0 Å². The van der Waals surface area contributed by atoms with Crippen LogP contribution in [0.4, 0.5) is 0 Å². The van der Waals surface area contributed by atoms with E-state index in [0.717, 1.165) is 12.0 Å². The molecule has 0 aromatic heterocycles. The summed E-state index contributed by atoms with van der Waals surface area (Å²) in [5.41, 5.74) is 1.34. The quantitative estimate of drug-likeness (QED) is 0.638. The Morgan fingerprint density at radius 3 is 2.87 bits per heavy atom. The molecule has 4 heteroatoms. The van der Waals surface area contributed by atoms with E-state index in [2.05, 4.69) is 12.1 Å². The first-order valence-electron chi connectivity index (χ1n) is 7.59. The summed E-state index contributed by atoms with van der Waals surface area (Å²) in [5.74, 6) is 0.761. The molecule has 1 aliphatic rings. The average molecular weight is 308 g/mol. The third kappa shape index (κ3) is 3.42. The van der Waals surface area contributed by atoms with E-state index in [0.29, 0.717) is 23.5 Å². The summed E-state index contributed by atoms with van der Waals surface area (Å²) < 4.78 is 11.1. The second-order valence-electron chi connectivity index (χ2n) is 5.37. The molecule has 0 saturated heterocycles. The molecule has 116 valence electrons. The first-order chi connectivity index (χ1) is 11.2. The van der Waals surface area contributed by atoms with Gasteiger partial charge in [-0.3, -0.25) is 9.59 Å². The second-order valence-corrected chi connectivity index (χ2v) is 5.37. The van der Waals surface area contributed by atoms with Crippen molar-refractivity contribution in [3.8, 4) is 11.5 Å². The van der Waals surface area contributed by atoms with Crippen LogP contribution >= 0.6 is 0 Å². The van der Waals surface area contributed by atoms with Crippen molar-refractivity contribution in [1.29, 1.82) is 0 Å². The van der Waals surface area contributed by atoms with Gasteiger partial charge >= 0.3 is 5.97 Å². The molecule has 1 aliphatic heterocycles. The zero-order chi connectivity index (χ0) is 16.2. The summed E-state index contributed by atoms with van der Waals surface area (Å²) in [6.07, 6.45) is 1.07. The number of carbonyl (C=O) groups excluding carboxylic acids is 2. The fraction of sp³-hybridized carbons (Fsp3) is 0.263. The highest BCUT2D eigenvalue weighted by molar-refractivity contribution is 5.99. The Kier molecular flexibility index (Phi) is 4.42. The Balaban J connectivity index is 1.73. The SMILES string of the molecule is CCCC(=O)Oc1ccc([C@@H]2CC(=O)c3[c]c[c]cc3O2)cc1. The van der Waals surface area contributed by atoms with E-state index in [9.17, 15) is 9.59 Å². The third-order valence-corrected chi connectivity index (χ3v) is 3.62. The summed E-state index contributed by atoms with van der Waals surface area (Å²) in [4.78, 5) is 23.6. The lowest BCUT2D eigenvalue weighted by molar-refractivity contribution is -0.134. The highest BCUT2D eigenvalue weighted by atomic mass is 16.5. The van der Waals surface area contributed by atoms with Crippen LogP contribution in [0.3, 0.4) is 0 Å². The van der Waals surface area contributed by atoms with Crippen LogP contribution < -0.4 is 9.47 Å². The van der Waals surface area contributed by atoms with Crippen LogP contribution in [0.5, 0.6) is 11.5 Å². The molecule has 3 rings (SSSR count). The molecule has 0 saturated carbocycles. The molecule has 23 heavy (non-hydrogen) atoms. The number of esters is 1. The van der Waals surface area contributed by atoms with Gasteiger partial charge in [-0.2, -0.15) is 0 Å². The second kappa shape index (κ2) is 6.65. The van der Waals surface area contributed by atoms with Crippen LogP contribution in [-0.2, 0) is 4.79 Å². The number of carbonyl (C=O) groups is 2. The number of fused-ring (bicyclic) bond motifs is 1. The molecule has 2 aromatic carbocycles. The zero-order valence-electron chi connectivity index (χ0n) is 12.8. The molecular formula is C19H16O4. The standard InChI is InChI=1S/C19H16O4/c1-2-5-19(21)22-14-10-8-13(9-11-14)18-12-16(20)15-6-3-4-7-17(15)23-18/h3,7-11,18H,2,5,12H2,1H3/t18-/m0/s1. The van der Waals surface area contributed by atoms with Crippen molar-refractivity contribution in [2.24, 2.45) is 0 Å². The molecule has 4 nitrogen and oxygen atoms in total. The first kappa shape index (κ1) is 15.3. The highest BCUT2D eigenvalue weighted by Gasteiger charge is 2.27. The van der Waals surface area contributed by atoms with Gasteiger partial charge in [0, 0.05) is 6.42 Å². The molecule has 0 aliphatic carbocycles. The number of ether oxygens (including phenoxy) is 2. The minimum atomic E-state index is -0.348. The minimum Gasteiger partial charge on any atom is -0.484 e. The van der Waals surface area contributed by atoms with Crippen molar-refractivity contribution in [3.05, 3.63) is 59.7 Å². The van der Waals surface area contributed by atoms with Crippen LogP contribution in [0.15, 0.2) is 36.4 Å². The predicted octanol–water partition coefficient (Wildman–Crippen LogP) is 3.70. The van der Waals surface area contributed by atoms with Crippen molar-refractivity contribution in [3.63, 3.8) is 0 Å². The smallest absolute Gasteiger partial charge is 0.311 e. The van der Waals surface area contributed by atoms with Crippen LogP contribution in [0.2, 0.25) is 0 Å². The maximum absolute atomic E-state index is 12.2. The number of hydrogen-bond acceptors (Lipinski definition) is 4. The van der Waals surface area contributed by atoms with Gasteiger partial charge in [0.25, 0.3) is 0 Å². The molecule has 0 fully saturated rings. The molecule has 0 amide bonds. The summed E-state index contributed by atoms with van der Waals surface area (Å²) >= 11 is 0. The van der Waals surface area contributed by atoms with E-state index in [-0.39, 0.29) is 24.3 Å². The van der Waals surface area contributed by atoms with E-state index < -0.39 is 0 Å². The topological polar surface area (TPSA) is 52.6 Å². The van der Waals surface area contributed by atoms with Crippen molar-refractivity contribution in [2.75, 3.05) is 0 Å². The zero-order valence-corrected chi connectivity index (χ0v) is 12.8. The Labute approximate surface area is 135 Å². The van der Waals surface area contributed by atoms with Gasteiger partial charge in [-0.1, -0.05) is 19.1 Å². The number of benzene rings is 2. The van der Waals surface area contributed by atoms with Crippen LogP contribution in [-0.4, -0.2) is 11.8 Å². The third-order valence-electron chi connectivity index (χ3n) is 3.62. The van der Waals surface area contributed by atoms with Crippen molar-refractivity contribution in [2.45, 2.75) is 32.3 Å². The Hall–Kier alpha value is -2.62. The van der Waals surface area contributed by atoms with Gasteiger partial charge in [0.2, 0.25) is 0 Å². The van der Waals surface area contributed by atoms with Crippen LogP contribution in [0, 0.1) is 12.1 Å². The first-order valence-corrected chi connectivity index (χ1v) is 7.59. The Bertz CT molecular complexity index is 718. The molecule has 0 unspecified atom stereocenters. The van der Waals surface area contributed by atoms with Crippen molar-refractivity contribution in [1.82, 2.24) is 0 Å². The number of hydrogen-bond donors (Lipinski definition) is 0. The van der Waals surface area contributed by atoms with Gasteiger partial charge in [-0.15, -0.1) is 0 Å². The molecule has 2 aromatic rings. The van der Waals surface area contributed by atoms with Crippen molar-refractivity contribution >= 4 is 11.8 Å². The van der Waals surface area contributed by atoms with E-state index >= 15 is 0 Å². The normalized spacial score (nSPS) is 16.4. The highest BCUT2D eigenvalue weighted by Crippen LogP contribution is 2.34. The average Bonchev–Trinajstić information content (AvgIpc) is 2.56. The molecule has 0 spiro atoms. The van der Waals surface area contributed by atoms with Gasteiger partial charge < -0.3 is 9.47 Å². The lowest BCUT2D eigenvalue weighted by Crippen LogP contribution is -2.20. The Morgan fingerprint density at radius 1 is 1.35 bits per heavy atom. The predicted molar refractivity (Wildman–Crippen MR) is 83.4 cm³/mol. The van der Waals surface area contributed by atoms with E-state index in [1.807, 2.05) is 19.1 Å². The number of Topliss-reactive ketones (excluding diaryl/α,β-unsaturated/α-hetero) is 1.